The zero-order valence-corrected chi connectivity index (χ0v) is 15.2. The minimum atomic E-state index is -1.17. The number of non-ortho nitro benzene ring substituents is 1. The van der Waals surface area contributed by atoms with E-state index in [1.165, 1.54) is 6.07 Å². The molecule has 0 aromatic heterocycles. The van der Waals surface area contributed by atoms with Gasteiger partial charge in [-0.05, 0) is 18.4 Å². The summed E-state index contributed by atoms with van der Waals surface area (Å²) in [5, 5.41) is 24.5. The van der Waals surface area contributed by atoms with Crippen molar-refractivity contribution in [1.82, 2.24) is 10.6 Å². The van der Waals surface area contributed by atoms with E-state index in [1.807, 2.05) is 0 Å². The lowest BCUT2D eigenvalue weighted by molar-refractivity contribution is -0.384. The van der Waals surface area contributed by atoms with Gasteiger partial charge in [0.05, 0.1) is 15.5 Å². The molecule has 3 N–H and O–H groups in total. The Balaban J connectivity index is 2.97. The normalized spacial score (nSPS) is 13.0. The molecule has 2 unspecified atom stereocenters. The molecule has 10 heteroatoms. The minimum Gasteiger partial charge on any atom is -0.480 e. The number of carbonyl (C=O) groups excluding carboxylic acids is 2. The van der Waals surface area contributed by atoms with Crippen molar-refractivity contribution in [3.8, 4) is 0 Å². The molecule has 1 rings (SSSR count). The number of hydrogen-bond acceptors (Lipinski definition) is 5. The molecule has 9 nitrogen and oxygen atoms in total. The van der Waals surface area contributed by atoms with E-state index < -0.39 is 34.8 Å². The molecule has 2 amide bonds. The Bertz CT molecular complexity index is 722. The van der Waals surface area contributed by atoms with E-state index in [0.29, 0.717) is 0 Å². The molecule has 142 valence electrons. The zero-order chi connectivity index (χ0) is 20.0. The first-order valence-corrected chi connectivity index (χ1v) is 8.24. The van der Waals surface area contributed by atoms with Crippen molar-refractivity contribution in [2.24, 2.45) is 5.92 Å². The number of nitrogens with one attached hydrogen (secondary N) is 2. The summed E-state index contributed by atoms with van der Waals surface area (Å²) >= 11 is 5.92. The van der Waals surface area contributed by atoms with E-state index in [9.17, 15) is 24.5 Å². The number of hydrogen-bond donors (Lipinski definition) is 3. The number of nitro benzene ring substituents is 1. The van der Waals surface area contributed by atoms with Gasteiger partial charge in [-0.2, -0.15) is 0 Å². The lowest BCUT2D eigenvalue weighted by atomic mass is 10.0. The van der Waals surface area contributed by atoms with Crippen molar-refractivity contribution >= 4 is 35.1 Å². The number of carbonyl (C=O) groups is 3. The van der Waals surface area contributed by atoms with E-state index >= 15 is 0 Å². The van der Waals surface area contributed by atoms with Gasteiger partial charge in [-0.15, -0.1) is 0 Å². The first-order chi connectivity index (χ1) is 12.1. The van der Waals surface area contributed by atoms with Crippen molar-refractivity contribution in [2.75, 3.05) is 0 Å². The van der Waals surface area contributed by atoms with Crippen molar-refractivity contribution in [3.63, 3.8) is 0 Å². The summed E-state index contributed by atoms with van der Waals surface area (Å²) in [6.07, 6.45) is 0.189. The van der Waals surface area contributed by atoms with Crippen molar-refractivity contribution in [2.45, 2.75) is 39.3 Å². The third-order valence-electron chi connectivity index (χ3n) is 3.67. The fourth-order valence-electron chi connectivity index (χ4n) is 2.16. The summed E-state index contributed by atoms with van der Waals surface area (Å²) in [4.78, 5) is 45.9. The Morgan fingerprint density at radius 3 is 2.31 bits per heavy atom. The molecule has 0 radical (unpaired) electrons. The number of carboxylic acids is 1. The summed E-state index contributed by atoms with van der Waals surface area (Å²) < 4.78 is 0. The number of rotatable bonds is 8. The van der Waals surface area contributed by atoms with Crippen LogP contribution in [0.5, 0.6) is 0 Å². The Morgan fingerprint density at radius 2 is 1.88 bits per heavy atom. The Labute approximate surface area is 154 Å². The summed E-state index contributed by atoms with van der Waals surface area (Å²) in [5.41, 5.74) is -0.294. The Hall–Kier alpha value is -2.68. The van der Waals surface area contributed by atoms with Gasteiger partial charge in [0.2, 0.25) is 5.91 Å². The van der Waals surface area contributed by atoms with Gasteiger partial charge in [0.15, 0.2) is 0 Å². The van der Waals surface area contributed by atoms with Crippen LogP contribution in [0.3, 0.4) is 0 Å². The molecule has 0 heterocycles. The molecule has 0 saturated heterocycles. The van der Waals surface area contributed by atoms with E-state index in [-0.39, 0.29) is 28.6 Å². The van der Waals surface area contributed by atoms with Gasteiger partial charge in [-0.3, -0.25) is 19.7 Å². The monoisotopic (exact) mass is 385 g/mol. The molecule has 2 atom stereocenters. The summed E-state index contributed by atoms with van der Waals surface area (Å²) in [5.74, 6) is -2.84. The van der Waals surface area contributed by atoms with Crippen LogP contribution in [0, 0.1) is 16.0 Å². The number of aliphatic carboxylic acids is 1. The lowest BCUT2D eigenvalue weighted by Crippen LogP contribution is -2.53. The number of nitro groups is 1. The van der Waals surface area contributed by atoms with Crippen LogP contribution in [0.15, 0.2) is 18.2 Å². The zero-order valence-electron chi connectivity index (χ0n) is 14.5. The predicted octanol–water partition coefficient (Wildman–Crippen LogP) is 1.98. The summed E-state index contributed by atoms with van der Waals surface area (Å²) in [7, 11) is 0. The first-order valence-electron chi connectivity index (χ1n) is 7.86. The summed E-state index contributed by atoms with van der Waals surface area (Å²) in [6, 6.07) is 1.30. The second-order valence-corrected chi connectivity index (χ2v) is 6.33. The topological polar surface area (TPSA) is 139 Å². The highest BCUT2D eigenvalue weighted by molar-refractivity contribution is 6.34. The highest BCUT2D eigenvalue weighted by Gasteiger charge is 2.29. The van der Waals surface area contributed by atoms with Gasteiger partial charge in [-0.25, -0.2) is 4.79 Å². The van der Waals surface area contributed by atoms with E-state index in [2.05, 4.69) is 10.6 Å². The SMILES string of the molecule is CCC(NC(=O)C(NC(=O)c1ccc([N+](=O)[O-])cc1Cl)C(C)C)C(=O)O. The molecule has 1 aromatic rings. The van der Waals surface area contributed by atoms with Crippen LogP contribution >= 0.6 is 11.6 Å². The van der Waals surface area contributed by atoms with Gasteiger partial charge in [0.1, 0.15) is 12.1 Å². The maximum absolute atomic E-state index is 12.4. The molecule has 0 spiro atoms. The molecule has 0 aliphatic carbocycles. The first kappa shape index (κ1) is 21.4. The van der Waals surface area contributed by atoms with Crippen LogP contribution < -0.4 is 10.6 Å². The smallest absolute Gasteiger partial charge is 0.326 e. The number of amides is 2. The second-order valence-electron chi connectivity index (χ2n) is 5.92. The highest BCUT2D eigenvalue weighted by Crippen LogP contribution is 2.22. The average molecular weight is 386 g/mol. The number of nitrogens with zero attached hydrogens (tertiary/aromatic N) is 1. The van der Waals surface area contributed by atoms with Gasteiger partial charge >= 0.3 is 5.97 Å². The molecule has 0 fully saturated rings. The summed E-state index contributed by atoms with van der Waals surface area (Å²) in [6.45, 7) is 4.98. The maximum atomic E-state index is 12.4. The molecule has 1 aromatic carbocycles. The van der Waals surface area contributed by atoms with Crippen LogP contribution in [0.1, 0.15) is 37.6 Å². The van der Waals surface area contributed by atoms with Gasteiger partial charge < -0.3 is 15.7 Å². The minimum absolute atomic E-state index is 0.0269. The molecule has 26 heavy (non-hydrogen) atoms. The van der Waals surface area contributed by atoms with Gasteiger partial charge in [0, 0.05) is 12.1 Å². The maximum Gasteiger partial charge on any atom is 0.326 e. The Morgan fingerprint density at radius 1 is 1.27 bits per heavy atom. The Kier molecular flexibility index (Phi) is 7.51. The van der Waals surface area contributed by atoms with Crippen molar-refractivity contribution < 1.29 is 24.4 Å². The fraction of sp³-hybridized carbons (Fsp3) is 0.438. The van der Waals surface area contributed by atoms with E-state index in [4.69, 9.17) is 16.7 Å². The van der Waals surface area contributed by atoms with Gasteiger partial charge in [-0.1, -0.05) is 32.4 Å². The third-order valence-corrected chi connectivity index (χ3v) is 3.98. The van der Waals surface area contributed by atoms with Gasteiger partial charge in [0.25, 0.3) is 11.6 Å². The third kappa shape index (κ3) is 5.41. The fourth-order valence-corrected chi connectivity index (χ4v) is 2.42. The number of carboxylic acid groups (broad SMARTS) is 1. The molecular weight excluding hydrogens is 366 g/mol. The van der Waals surface area contributed by atoms with E-state index in [1.54, 1.807) is 20.8 Å². The number of benzene rings is 1. The standard InChI is InChI=1S/C16H20ClN3O6/c1-4-12(16(23)24)18-15(22)13(8(2)3)19-14(21)10-6-5-9(20(25)26)7-11(10)17/h5-8,12-13H,4H2,1-3H3,(H,18,22)(H,19,21)(H,23,24). The molecule has 0 aliphatic heterocycles. The van der Waals surface area contributed by atoms with Crippen LogP contribution in [0.2, 0.25) is 5.02 Å². The molecule has 0 aliphatic rings. The van der Waals surface area contributed by atoms with Crippen molar-refractivity contribution in [1.29, 1.82) is 0 Å². The molecule has 0 bridgehead atoms. The lowest BCUT2D eigenvalue weighted by Gasteiger charge is -2.23. The molecule has 0 saturated carbocycles. The number of halogens is 1. The van der Waals surface area contributed by atoms with Crippen molar-refractivity contribution in [3.05, 3.63) is 38.9 Å². The quantitative estimate of drug-likeness (QED) is 0.462. The van der Waals surface area contributed by atoms with E-state index in [0.717, 1.165) is 12.1 Å². The largest absolute Gasteiger partial charge is 0.480 e. The second kappa shape index (κ2) is 9.14. The van der Waals surface area contributed by atoms with Crippen LogP contribution in [-0.4, -0.2) is 39.9 Å². The predicted molar refractivity (Wildman–Crippen MR) is 94.1 cm³/mol. The van der Waals surface area contributed by atoms with Crippen LogP contribution in [0.25, 0.3) is 0 Å². The van der Waals surface area contributed by atoms with Crippen LogP contribution in [0.4, 0.5) is 5.69 Å². The highest BCUT2D eigenvalue weighted by atomic mass is 35.5. The van der Waals surface area contributed by atoms with Crippen LogP contribution in [-0.2, 0) is 9.59 Å². The molecular formula is C16H20ClN3O6. The average Bonchev–Trinajstić information content (AvgIpc) is 2.56.